The molecule has 1 heterocycles. The van der Waals surface area contributed by atoms with Crippen molar-refractivity contribution in [1.29, 1.82) is 0 Å². The topological polar surface area (TPSA) is 84.1 Å². The number of carbonyl (C=O) groups excluding carboxylic acids is 1. The van der Waals surface area contributed by atoms with Gasteiger partial charge in [0, 0.05) is 24.8 Å². The highest BCUT2D eigenvalue weighted by atomic mass is 16.3. The number of rotatable bonds is 6. The normalized spacial score (nSPS) is 10.9. The summed E-state index contributed by atoms with van der Waals surface area (Å²) >= 11 is 0. The number of aliphatic hydroxyl groups is 1. The molecule has 7 nitrogen and oxygen atoms in total. The lowest BCUT2D eigenvalue weighted by atomic mass is 10.1. The predicted octanol–water partition coefficient (Wildman–Crippen LogP) is 0.895. The summed E-state index contributed by atoms with van der Waals surface area (Å²) in [6.07, 6.45) is 2.07. The van der Waals surface area contributed by atoms with Gasteiger partial charge in [0.15, 0.2) is 0 Å². The molecule has 1 amide bonds. The minimum absolute atomic E-state index is 0.0401. The van der Waals surface area contributed by atoms with Gasteiger partial charge in [-0.25, -0.2) is 4.68 Å². The Morgan fingerprint density at radius 2 is 2.05 bits per heavy atom. The van der Waals surface area contributed by atoms with Crippen LogP contribution in [-0.2, 0) is 0 Å². The summed E-state index contributed by atoms with van der Waals surface area (Å²) in [5.41, 5.74) is 1.40. The molecule has 0 unspecified atom stereocenters. The summed E-state index contributed by atoms with van der Waals surface area (Å²) in [6.45, 7) is 4.55. The quantitative estimate of drug-likeness (QED) is 0.854. The van der Waals surface area contributed by atoms with E-state index < -0.39 is 0 Å². The van der Waals surface area contributed by atoms with Crippen LogP contribution in [0, 0.1) is 0 Å². The fourth-order valence-electron chi connectivity index (χ4n) is 2.04. The number of amides is 1. The Morgan fingerprint density at radius 1 is 1.33 bits per heavy atom. The molecule has 1 aromatic carbocycles. The highest BCUT2D eigenvalue weighted by Gasteiger charge is 2.18. The second-order valence-electron chi connectivity index (χ2n) is 4.97. The van der Waals surface area contributed by atoms with Gasteiger partial charge in [0.1, 0.15) is 6.33 Å². The maximum absolute atomic E-state index is 12.5. The van der Waals surface area contributed by atoms with E-state index in [4.69, 9.17) is 5.11 Å². The standard InChI is InChI=1S/C14H19N5O2/c1-11(2)18(8-3-9-20)14(21)12-4-6-13(7-5-12)19-10-15-16-17-19/h4-7,10-11,20H,3,8-9H2,1-2H3. The summed E-state index contributed by atoms with van der Waals surface area (Å²) in [6, 6.07) is 7.20. The Balaban J connectivity index is 2.14. The number of carbonyl (C=O) groups is 1. The van der Waals surface area contributed by atoms with Crippen molar-refractivity contribution >= 4 is 5.91 Å². The van der Waals surface area contributed by atoms with Gasteiger partial charge in [-0.2, -0.15) is 0 Å². The maximum Gasteiger partial charge on any atom is 0.254 e. The molecule has 2 rings (SSSR count). The fraction of sp³-hybridized carbons (Fsp3) is 0.429. The lowest BCUT2D eigenvalue weighted by Crippen LogP contribution is -2.38. The molecule has 1 aromatic heterocycles. The largest absolute Gasteiger partial charge is 0.396 e. The zero-order valence-corrected chi connectivity index (χ0v) is 12.2. The van der Waals surface area contributed by atoms with Crippen molar-refractivity contribution in [2.24, 2.45) is 0 Å². The molecule has 1 N–H and O–H groups in total. The van der Waals surface area contributed by atoms with Crippen LogP contribution < -0.4 is 0 Å². The van der Waals surface area contributed by atoms with E-state index in [1.807, 2.05) is 13.8 Å². The zero-order valence-electron chi connectivity index (χ0n) is 12.2. The first-order chi connectivity index (χ1) is 10.1. The van der Waals surface area contributed by atoms with Crippen LogP contribution in [0.2, 0.25) is 0 Å². The predicted molar refractivity (Wildman–Crippen MR) is 77.0 cm³/mol. The Hall–Kier alpha value is -2.28. The summed E-state index contributed by atoms with van der Waals surface area (Å²) in [5.74, 6) is -0.0401. The van der Waals surface area contributed by atoms with E-state index in [2.05, 4.69) is 15.5 Å². The number of benzene rings is 1. The number of aliphatic hydroxyl groups excluding tert-OH is 1. The van der Waals surface area contributed by atoms with Crippen LogP contribution in [0.1, 0.15) is 30.6 Å². The molecule has 0 saturated heterocycles. The van der Waals surface area contributed by atoms with Gasteiger partial charge in [-0.15, -0.1) is 5.10 Å². The molecular formula is C14H19N5O2. The van der Waals surface area contributed by atoms with E-state index in [1.165, 1.54) is 11.0 Å². The van der Waals surface area contributed by atoms with Gasteiger partial charge in [-0.1, -0.05) is 0 Å². The summed E-state index contributed by atoms with van der Waals surface area (Å²) in [4.78, 5) is 14.2. The molecule has 0 aliphatic rings. The molecule has 0 aliphatic heterocycles. The Kier molecular flexibility index (Phi) is 4.99. The molecule has 0 bridgehead atoms. The van der Waals surface area contributed by atoms with Crippen molar-refractivity contribution in [3.8, 4) is 5.69 Å². The number of hydrogen-bond acceptors (Lipinski definition) is 5. The Morgan fingerprint density at radius 3 is 2.57 bits per heavy atom. The van der Waals surface area contributed by atoms with Gasteiger partial charge in [0.05, 0.1) is 5.69 Å². The monoisotopic (exact) mass is 289 g/mol. The lowest BCUT2D eigenvalue weighted by Gasteiger charge is -2.26. The van der Waals surface area contributed by atoms with Crippen molar-refractivity contribution in [3.63, 3.8) is 0 Å². The first kappa shape index (κ1) is 15.1. The van der Waals surface area contributed by atoms with Crippen LogP contribution in [0.5, 0.6) is 0 Å². The third kappa shape index (κ3) is 3.63. The summed E-state index contributed by atoms with van der Waals surface area (Å²) in [7, 11) is 0. The van der Waals surface area contributed by atoms with Crippen molar-refractivity contribution in [2.75, 3.05) is 13.2 Å². The second-order valence-corrected chi connectivity index (χ2v) is 4.97. The lowest BCUT2D eigenvalue weighted by molar-refractivity contribution is 0.0693. The van der Waals surface area contributed by atoms with Crippen LogP contribution in [0.3, 0.4) is 0 Å². The molecular weight excluding hydrogens is 270 g/mol. The van der Waals surface area contributed by atoms with Crippen LogP contribution in [0.4, 0.5) is 0 Å². The zero-order chi connectivity index (χ0) is 15.2. The molecule has 0 atom stereocenters. The van der Waals surface area contributed by atoms with E-state index in [-0.39, 0.29) is 18.6 Å². The van der Waals surface area contributed by atoms with Gasteiger partial charge in [0.2, 0.25) is 0 Å². The molecule has 7 heteroatoms. The molecule has 0 saturated carbocycles. The second kappa shape index (κ2) is 6.94. The Labute approximate surface area is 123 Å². The number of tetrazole rings is 1. The van der Waals surface area contributed by atoms with Gasteiger partial charge >= 0.3 is 0 Å². The fourth-order valence-corrected chi connectivity index (χ4v) is 2.04. The average molecular weight is 289 g/mol. The van der Waals surface area contributed by atoms with Crippen molar-refractivity contribution < 1.29 is 9.90 Å². The smallest absolute Gasteiger partial charge is 0.254 e. The molecule has 0 radical (unpaired) electrons. The van der Waals surface area contributed by atoms with E-state index in [0.29, 0.717) is 18.5 Å². The SMILES string of the molecule is CC(C)N(CCCO)C(=O)c1ccc(-n2cnnn2)cc1. The van der Waals surface area contributed by atoms with Crippen molar-refractivity contribution in [1.82, 2.24) is 25.1 Å². The van der Waals surface area contributed by atoms with Crippen molar-refractivity contribution in [2.45, 2.75) is 26.3 Å². The number of aromatic nitrogens is 4. The molecule has 0 fully saturated rings. The molecule has 0 spiro atoms. The highest BCUT2D eigenvalue weighted by molar-refractivity contribution is 5.94. The van der Waals surface area contributed by atoms with Crippen LogP contribution in [0.25, 0.3) is 5.69 Å². The Bertz CT molecular complexity index is 566. The molecule has 21 heavy (non-hydrogen) atoms. The third-order valence-electron chi connectivity index (χ3n) is 3.17. The van der Waals surface area contributed by atoms with E-state index in [9.17, 15) is 4.79 Å². The molecule has 2 aromatic rings. The molecule has 112 valence electrons. The van der Waals surface area contributed by atoms with Crippen LogP contribution >= 0.6 is 0 Å². The minimum Gasteiger partial charge on any atom is -0.396 e. The van der Waals surface area contributed by atoms with Crippen LogP contribution in [0.15, 0.2) is 30.6 Å². The van der Waals surface area contributed by atoms with E-state index >= 15 is 0 Å². The van der Waals surface area contributed by atoms with Gasteiger partial charge in [-0.05, 0) is 55.0 Å². The summed E-state index contributed by atoms with van der Waals surface area (Å²) < 4.78 is 1.53. The highest BCUT2D eigenvalue weighted by Crippen LogP contribution is 2.12. The van der Waals surface area contributed by atoms with Gasteiger partial charge in [0.25, 0.3) is 5.91 Å². The first-order valence-electron chi connectivity index (χ1n) is 6.88. The summed E-state index contributed by atoms with van der Waals surface area (Å²) in [5, 5.41) is 19.9. The van der Waals surface area contributed by atoms with Gasteiger partial charge < -0.3 is 10.0 Å². The minimum atomic E-state index is -0.0401. The van der Waals surface area contributed by atoms with Crippen LogP contribution in [-0.4, -0.2) is 55.3 Å². The molecule has 0 aliphatic carbocycles. The third-order valence-corrected chi connectivity index (χ3v) is 3.17. The van der Waals surface area contributed by atoms with Gasteiger partial charge in [-0.3, -0.25) is 4.79 Å². The average Bonchev–Trinajstić information content (AvgIpc) is 3.01. The first-order valence-corrected chi connectivity index (χ1v) is 6.88. The number of hydrogen-bond donors (Lipinski definition) is 1. The van der Waals surface area contributed by atoms with Crippen molar-refractivity contribution in [3.05, 3.63) is 36.2 Å². The number of nitrogens with zero attached hydrogens (tertiary/aromatic N) is 5. The maximum atomic E-state index is 12.5. The van der Waals surface area contributed by atoms with E-state index in [1.54, 1.807) is 29.2 Å². The van der Waals surface area contributed by atoms with E-state index in [0.717, 1.165) is 5.69 Å².